The summed E-state index contributed by atoms with van der Waals surface area (Å²) >= 11 is 1.58. The SMILES string of the molecule is CSCC[C@H](NC(=O)OCC1c2ccccc2-c2ccccc21)C(=O)NCC1CCC(C(=O)O)O1. The number of rotatable bonds is 10. The Morgan fingerprint density at radius 1 is 1.09 bits per heavy atom. The number of benzene rings is 2. The number of carbonyl (C=O) groups is 3. The fourth-order valence-electron chi connectivity index (χ4n) is 4.66. The van der Waals surface area contributed by atoms with Crippen LogP contribution in [0.4, 0.5) is 4.79 Å². The van der Waals surface area contributed by atoms with Crippen molar-refractivity contribution >= 4 is 29.7 Å². The number of alkyl carbamates (subject to hydrolysis) is 1. The maximum Gasteiger partial charge on any atom is 0.407 e. The van der Waals surface area contributed by atoms with Crippen LogP contribution in [0.2, 0.25) is 0 Å². The highest BCUT2D eigenvalue weighted by Crippen LogP contribution is 2.44. The molecule has 1 heterocycles. The van der Waals surface area contributed by atoms with E-state index in [-0.39, 0.29) is 31.1 Å². The average molecular weight is 499 g/mol. The van der Waals surface area contributed by atoms with Crippen molar-refractivity contribution in [2.24, 2.45) is 0 Å². The fourth-order valence-corrected chi connectivity index (χ4v) is 5.13. The fraction of sp³-hybridized carbons (Fsp3) is 0.423. The topological polar surface area (TPSA) is 114 Å². The highest BCUT2D eigenvalue weighted by Gasteiger charge is 2.32. The molecule has 186 valence electrons. The van der Waals surface area contributed by atoms with Crippen LogP contribution in [-0.4, -0.2) is 66.5 Å². The summed E-state index contributed by atoms with van der Waals surface area (Å²) in [6.07, 6.45) is 1.53. The van der Waals surface area contributed by atoms with Crippen LogP contribution in [0.1, 0.15) is 36.3 Å². The van der Waals surface area contributed by atoms with E-state index in [2.05, 4.69) is 34.9 Å². The molecule has 2 aromatic rings. The van der Waals surface area contributed by atoms with E-state index in [4.69, 9.17) is 14.6 Å². The number of ether oxygens (including phenoxy) is 2. The van der Waals surface area contributed by atoms with Gasteiger partial charge in [-0.2, -0.15) is 11.8 Å². The van der Waals surface area contributed by atoms with Crippen molar-refractivity contribution < 1.29 is 29.0 Å². The second-order valence-corrected chi connectivity index (χ2v) is 9.70. The van der Waals surface area contributed by atoms with Crippen LogP contribution in [0.15, 0.2) is 48.5 Å². The second kappa shape index (κ2) is 11.6. The maximum atomic E-state index is 12.8. The van der Waals surface area contributed by atoms with Crippen molar-refractivity contribution in [1.82, 2.24) is 10.6 Å². The zero-order chi connectivity index (χ0) is 24.8. The number of nitrogens with one attached hydrogen (secondary N) is 2. The zero-order valence-electron chi connectivity index (χ0n) is 19.6. The van der Waals surface area contributed by atoms with E-state index in [0.29, 0.717) is 25.0 Å². The molecule has 2 unspecified atom stereocenters. The van der Waals surface area contributed by atoms with Gasteiger partial charge in [0.1, 0.15) is 12.6 Å². The molecule has 0 bridgehead atoms. The molecule has 2 aromatic carbocycles. The Bertz CT molecular complexity index is 1030. The lowest BCUT2D eigenvalue weighted by Crippen LogP contribution is -2.49. The second-order valence-electron chi connectivity index (χ2n) is 8.71. The summed E-state index contributed by atoms with van der Waals surface area (Å²) in [6, 6.07) is 15.5. The van der Waals surface area contributed by atoms with Crippen molar-refractivity contribution in [3.05, 3.63) is 59.7 Å². The quantitative estimate of drug-likeness (QED) is 0.460. The first kappa shape index (κ1) is 25.1. The summed E-state index contributed by atoms with van der Waals surface area (Å²) in [6.45, 7) is 0.369. The van der Waals surface area contributed by atoms with Crippen LogP contribution >= 0.6 is 11.8 Å². The summed E-state index contributed by atoms with van der Waals surface area (Å²) in [5.74, 6) is -0.709. The molecule has 3 atom stereocenters. The van der Waals surface area contributed by atoms with Gasteiger partial charge in [-0.1, -0.05) is 48.5 Å². The molecule has 0 aromatic heterocycles. The van der Waals surface area contributed by atoms with Gasteiger partial charge < -0.3 is 25.2 Å². The van der Waals surface area contributed by atoms with Crippen LogP contribution in [0, 0.1) is 0 Å². The minimum Gasteiger partial charge on any atom is -0.479 e. The first-order valence-corrected chi connectivity index (χ1v) is 13.1. The number of carboxylic acids is 1. The maximum absolute atomic E-state index is 12.8. The van der Waals surface area contributed by atoms with Crippen molar-refractivity contribution in [3.8, 4) is 11.1 Å². The Labute approximate surface area is 208 Å². The molecule has 1 saturated heterocycles. The molecule has 8 nitrogen and oxygen atoms in total. The minimum atomic E-state index is -0.992. The number of fused-ring (bicyclic) bond motifs is 3. The first-order chi connectivity index (χ1) is 17.0. The van der Waals surface area contributed by atoms with Crippen LogP contribution in [0.5, 0.6) is 0 Å². The molecular weight excluding hydrogens is 468 g/mol. The lowest BCUT2D eigenvalue weighted by molar-refractivity contribution is -0.149. The van der Waals surface area contributed by atoms with Gasteiger partial charge in [0, 0.05) is 12.5 Å². The Morgan fingerprint density at radius 2 is 1.74 bits per heavy atom. The summed E-state index contributed by atoms with van der Waals surface area (Å²) in [7, 11) is 0. The third-order valence-electron chi connectivity index (χ3n) is 6.45. The molecule has 35 heavy (non-hydrogen) atoms. The van der Waals surface area contributed by atoms with Crippen LogP contribution in [0.25, 0.3) is 11.1 Å². The first-order valence-electron chi connectivity index (χ1n) is 11.7. The number of hydrogen-bond donors (Lipinski definition) is 3. The van der Waals surface area contributed by atoms with Gasteiger partial charge in [0.05, 0.1) is 6.10 Å². The molecule has 4 rings (SSSR count). The summed E-state index contributed by atoms with van der Waals surface area (Å²) in [5, 5.41) is 14.5. The van der Waals surface area contributed by atoms with E-state index < -0.39 is 24.2 Å². The lowest BCUT2D eigenvalue weighted by atomic mass is 9.98. The normalized spacial score (nSPS) is 19.5. The third kappa shape index (κ3) is 5.97. The van der Waals surface area contributed by atoms with E-state index in [1.54, 1.807) is 11.8 Å². The van der Waals surface area contributed by atoms with Crippen LogP contribution < -0.4 is 10.6 Å². The van der Waals surface area contributed by atoms with Crippen molar-refractivity contribution in [2.45, 2.75) is 43.4 Å². The molecule has 0 saturated carbocycles. The van der Waals surface area contributed by atoms with Gasteiger partial charge in [-0.05, 0) is 53.5 Å². The number of aliphatic carboxylic acids is 1. The van der Waals surface area contributed by atoms with E-state index >= 15 is 0 Å². The molecule has 1 fully saturated rings. The predicted octanol–water partition coefficient (Wildman–Crippen LogP) is 3.40. The van der Waals surface area contributed by atoms with Gasteiger partial charge in [0.25, 0.3) is 0 Å². The average Bonchev–Trinajstić information content (AvgIpc) is 3.47. The van der Waals surface area contributed by atoms with Crippen molar-refractivity contribution in [1.29, 1.82) is 0 Å². The Morgan fingerprint density at radius 3 is 2.34 bits per heavy atom. The summed E-state index contributed by atoms with van der Waals surface area (Å²) in [4.78, 5) is 36.5. The van der Waals surface area contributed by atoms with Gasteiger partial charge in [0.2, 0.25) is 5.91 Å². The number of carbonyl (C=O) groups excluding carboxylic acids is 2. The standard InChI is InChI=1S/C26H30N2O6S/c1-35-13-12-22(24(29)27-14-16-10-11-23(34-16)25(30)31)28-26(32)33-15-21-19-8-4-2-6-17(19)18-7-3-5-9-20(18)21/h2-9,16,21-23H,10-15H2,1H3,(H,27,29)(H,28,32)(H,30,31)/t16?,22-,23?/m0/s1. The molecular formula is C26H30N2O6S. The van der Waals surface area contributed by atoms with E-state index in [0.717, 1.165) is 22.3 Å². The van der Waals surface area contributed by atoms with Gasteiger partial charge in [-0.3, -0.25) is 4.79 Å². The highest BCUT2D eigenvalue weighted by atomic mass is 32.2. The minimum absolute atomic E-state index is 0.0617. The van der Waals surface area contributed by atoms with Crippen molar-refractivity contribution in [2.75, 3.05) is 25.2 Å². The molecule has 1 aliphatic carbocycles. The van der Waals surface area contributed by atoms with Gasteiger partial charge in [0.15, 0.2) is 6.10 Å². The number of amides is 2. The van der Waals surface area contributed by atoms with E-state index in [9.17, 15) is 14.4 Å². The van der Waals surface area contributed by atoms with E-state index in [1.807, 2.05) is 30.5 Å². The number of thioether (sulfide) groups is 1. The van der Waals surface area contributed by atoms with Crippen LogP contribution in [-0.2, 0) is 19.1 Å². The summed E-state index contributed by atoms with van der Waals surface area (Å²) < 4.78 is 11.0. The molecule has 2 amide bonds. The Hall–Kier alpha value is -3.04. The van der Waals surface area contributed by atoms with E-state index in [1.165, 1.54) is 0 Å². The van der Waals surface area contributed by atoms with Gasteiger partial charge >= 0.3 is 12.1 Å². The molecule has 9 heteroatoms. The molecule has 3 N–H and O–H groups in total. The van der Waals surface area contributed by atoms with Gasteiger partial charge in [-0.15, -0.1) is 0 Å². The Kier molecular flexibility index (Phi) is 8.30. The molecule has 0 radical (unpaired) electrons. The summed E-state index contributed by atoms with van der Waals surface area (Å²) in [5.41, 5.74) is 4.53. The molecule has 2 aliphatic rings. The lowest BCUT2D eigenvalue weighted by Gasteiger charge is -2.20. The van der Waals surface area contributed by atoms with Crippen molar-refractivity contribution in [3.63, 3.8) is 0 Å². The third-order valence-corrected chi connectivity index (χ3v) is 7.09. The number of carboxylic acid groups (broad SMARTS) is 1. The Balaban J connectivity index is 1.32. The molecule has 1 aliphatic heterocycles. The predicted molar refractivity (Wildman–Crippen MR) is 134 cm³/mol. The smallest absolute Gasteiger partial charge is 0.407 e. The monoisotopic (exact) mass is 498 g/mol. The molecule has 0 spiro atoms. The number of hydrogen-bond acceptors (Lipinski definition) is 6. The largest absolute Gasteiger partial charge is 0.479 e. The van der Waals surface area contributed by atoms with Gasteiger partial charge in [-0.25, -0.2) is 9.59 Å². The highest BCUT2D eigenvalue weighted by molar-refractivity contribution is 7.98. The zero-order valence-corrected chi connectivity index (χ0v) is 20.4. The van der Waals surface area contributed by atoms with Crippen LogP contribution in [0.3, 0.4) is 0 Å².